The van der Waals surface area contributed by atoms with Crippen molar-refractivity contribution in [2.24, 2.45) is 0 Å². The van der Waals surface area contributed by atoms with Crippen LogP contribution < -0.4 is 16.0 Å². The molecule has 3 heterocycles. The van der Waals surface area contributed by atoms with Crippen LogP contribution in [0.5, 0.6) is 0 Å². The lowest BCUT2D eigenvalue weighted by Crippen LogP contribution is -2.28. The molecule has 0 unspecified atom stereocenters. The Morgan fingerprint density at radius 3 is 2.91 bits per heavy atom. The molecular formula is C13H13N7OS2. The molecule has 0 atom stereocenters. The Labute approximate surface area is 140 Å². The molecule has 3 rings (SSSR count). The Morgan fingerprint density at radius 1 is 1.26 bits per heavy atom. The second kappa shape index (κ2) is 7.11. The molecule has 0 spiro atoms. The molecule has 10 heteroatoms. The van der Waals surface area contributed by atoms with Crippen LogP contribution in [-0.2, 0) is 6.54 Å². The smallest absolute Gasteiger partial charge is 0.321 e. The second-order valence-corrected chi connectivity index (χ2v) is 6.16. The molecule has 118 valence electrons. The first-order valence-electron chi connectivity index (χ1n) is 6.66. The largest absolute Gasteiger partial charge is 0.365 e. The van der Waals surface area contributed by atoms with Gasteiger partial charge in [-0.25, -0.2) is 9.78 Å². The fourth-order valence-corrected chi connectivity index (χ4v) is 3.07. The highest BCUT2D eigenvalue weighted by molar-refractivity contribution is 7.18. The zero-order valence-corrected chi connectivity index (χ0v) is 13.7. The van der Waals surface area contributed by atoms with E-state index in [2.05, 4.69) is 36.1 Å². The fraction of sp³-hybridized carbons (Fsp3) is 0.154. The van der Waals surface area contributed by atoms with Crippen LogP contribution in [0.2, 0.25) is 0 Å². The number of pyridine rings is 1. The average molecular weight is 347 g/mol. The van der Waals surface area contributed by atoms with Crippen molar-refractivity contribution in [2.75, 3.05) is 17.7 Å². The lowest BCUT2D eigenvalue weighted by molar-refractivity contribution is 0.251. The molecule has 0 aromatic carbocycles. The quantitative estimate of drug-likeness (QED) is 0.655. The van der Waals surface area contributed by atoms with E-state index in [0.717, 1.165) is 16.5 Å². The van der Waals surface area contributed by atoms with Crippen LogP contribution in [0.3, 0.4) is 0 Å². The van der Waals surface area contributed by atoms with E-state index < -0.39 is 0 Å². The highest BCUT2D eigenvalue weighted by Gasteiger charge is 2.10. The van der Waals surface area contributed by atoms with Crippen molar-refractivity contribution in [1.82, 2.24) is 25.5 Å². The van der Waals surface area contributed by atoms with E-state index in [1.165, 1.54) is 22.7 Å². The summed E-state index contributed by atoms with van der Waals surface area (Å²) in [6, 6.07) is 5.19. The second-order valence-electron chi connectivity index (χ2n) is 4.33. The first kappa shape index (κ1) is 15.3. The lowest BCUT2D eigenvalue weighted by Gasteiger charge is -2.02. The summed E-state index contributed by atoms with van der Waals surface area (Å²) in [7, 11) is 1.80. The topological polar surface area (TPSA) is 105 Å². The van der Waals surface area contributed by atoms with E-state index in [1.807, 2.05) is 23.6 Å². The summed E-state index contributed by atoms with van der Waals surface area (Å²) in [4.78, 5) is 20.3. The van der Waals surface area contributed by atoms with Crippen molar-refractivity contribution < 1.29 is 4.79 Å². The first-order chi connectivity index (χ1) is 11.2. The highest BCUT2D eigenvalue weighted by Crippen LogP contribution is 2.24. The van der Waals surface area contributed by atoms with Crippen molar-refractivity contribution >= 4 is 39.0 Å². The maximum atomic E-state index is 11.9. The third kappa shape index (κ3) is 3.99. The monoisotopic (exact) mass is 347 g/mol. The van der Waals surface area contributed by atoms with Crippen LogP contribution in [-0.4, -0.2) is 33.2 Å². The highest BCUT2D eigenvalue weighted by atomic mass is 32.1. The third-order valence-electron chi connectivity index (χ3n) is 2.73. The minimum atomic E-state index is -0.354. The number of aromatic nitrogens is 4. The third-order valence-corrected chi connectivity index (χ3v) is 4.49. The molecule has 0 aliphatic carbocycles. The number of carbonyl (C=O) groups excluding carboxylic acids is 1. The van der Waals surface area contributed by atoms with Crippen molar-refractivity contribution in [3.05, 3.63) is 35.5 Å². The van der Waals surface area contributed by atoms with E-state index in [0.29, 0.717) is 16.7 Å². The van der Waals surface area contributed by atoms with Crippen LogP contribution in [0, 0.1) is 0 Å². The molecule has 23 heavy (non-hydrogen) atoms. The number of hydrogen-bond acceptors (Lipinski definition) is 8. The number of thiazole rings is 1. The number of hydrogen-bond donors (Lipinski definition) is 3. The Balaban J connectivity index is 1.55. The van der Waals surface area contributed by atoms with Crippen molar-refractivity contribution in [2.45, 2.75) is 6.54 Å². The maximum Gasteiger partial charge on any atom is 0.321 e. The predicted octanol–water partition coefficient (Wildman–Crippen LogP) is 2.42. The zero-order valence-electron chi connectivity index (χ0n) is 12.1. The van der Waals surface area contributed by atoms with Gasteiger partial charge in [0.15, 0.2) is 10.1 Å². The van der Waals surface area contributed by atoms with Crippen LogP contribution in [0.4, 0.5) is 15.1 Å². The molecule has 8 nitrogen and oxygen atoms in total. The minimum absolute atomic E-state index is 0.343. The molecular weight excluding hydrogens is 334 g/mol. The van der Waals surface area contributed by atoms with Gasteiger partial charge in [0.05, 0.1) is 12.2 Å². The van der Waals surface area contributed by atoms with Gasteiger partial charge in [0.25, 0.3) is 0 Å². The van der Waals surface area contributed by atoms with Gasteiger partial charge in [0.2, 0.25) is 5.13 Å². The number of nitrogens with zero attached hydrogens (tertiary/aromatic N) is 4. The summed E-state index contributed by atoms with van der Waals surface area (Å²) in [5.41, 5.74) is 1.52. The molecule has 0 saturated heterocycles. The molecule has 2 amide bonds. The van der Waals surface area contributed by atoms with Gasteiger partial charge >= 0.3 is 6.03 Å². The summed E-state index contributed by atoms with van der Waals surface area (Å²) in [5.74, 6) is 0. The van der Waals surface area contributed by atoms with E-state index in [4.69, 9.17) is 0 Å². The van der Waals surface area contributed by atoms with Crippen molar-refractivity contribution in [3.8, 4) is 10.7 Å². The number of rotatable bonds is 5. The van der Waals surface area contributed by atoms with Gasteiger partial charge in [-0.05, 0) is 12.1 Å². The Hall–Kier alpha value is -2.59. The molecule has 0 saturated carbocycles. The van der Waals surface area contributed by atoms with Gasteiger partial charge in [-0.2, -0.15) is 0 Å². The number of carbonyl (C=O) groups is 1. The van der Waals surface area contributed by atoms with Crippen LogP contribution in [0.15, 0.2) is 29.8 Å². The lowest BCUT2D eigenvalue weighted by atomic mass is 10.4. The number of anilines is 2. The summed E-state index contributed by atoms with van der Waals surface area (Å²) in [6.07, 6.45) is 1.68. The predicted molar refractivity (Wildman–Crippen MR) is 90.7 cm³/mol. The van der Waals surface area contributed by atoms with E-state index in [1.54, 1.807) is 13.2 Å². The summed E-state index contributed by atoms with van der Waals surface area (Å²) in [5, 5.41) is 20.0. The summed E-state index contributed by atoms with van der Waals surface area (Å²) >= 11 is 2.75. The first-order valence-corrected chi connectivity index (χ1v) is 8.36. The Bertz CT molecular complexity index is 786. The van der Waals surface area contributed by atoms with Gasteiger partial charge in [-0.15, -0.1) is 21.5 Å². The standard InChI is InChI=1S/C13H13N7OS2/c1-14-12-17-8(7-22-12)6-16-11(21)18-13-20-19-10(23-13)9-4-2-3-5-15-9/h2-5,7H,6H2,1H3,(H,14,17)(H2,16,18,20,21). The van der Waals surface area contributed by atoms with Gasteiger partial charge < -0.3 is 10.6 Å². The number of urea groups is 1. The van der Waals surface area contributed by atoms with Crippen LogP contribution in [0.25, 0.3) is 10.7 Å². The molecule has 0 aliphatic heterocycles. The van der Waals surface area contributed by atoms with Gasteiger partial charge in [-0.3, -0.25) is 10.3 Å². The Morgan fingerprint density at radius 2 is 2.17 bits per heavy atom. The van der Waals surface area contributed by atoms with E-state index in [-0.39, 0.29) is 6.03 Å². The van der Waals surface area contributed by atoms with Crippen LogP contribution >= 0.6 is 22.7 Å². The molecule has 0 aliphatic rings. The summed E-state index contributed by atoms with van der Waals surface area (Å²) in [6.45, 7) is 0.343. The van der Waals surface area contributed by atoms with Gasteiger partial charge in [-0.1, -0.05) is 17.4 Å². The molecule has 3 aromatic heterocycles. The SMILES string of the molecule is CNc1nc(CNC(=O)Nc2nnc(-c3ccccn3)s2)cs1. The Kier molecular flexibility index (Phi) is 4.74. The van der Waals surface area contributed by atoms with E-state index >= 15 is 0 Å². The minimum Gasteiger partial charge on any atom is -0.365 e. The zero-order chi connectivity index (χ0) is 16.1. The maximum absolute atomic E-state index is 11.9. The average Bonchev–Trinajstić information content (AvgIpc) is 3.23. The number of amides is 2. The van der Waals surface area contributed by atoms with Crippen LogP contribution in [0.1, 0.15) is 5.69 Å². The van der Waals surface area contributed by atoms with Gasteiger partial charge in [0, 0.05) is 18.6 Å². The van der Waals surface area contributed by atoms with Gasteiger partial charge in [0.1, 0.15) is 5.69 Å². The van der Waals surface area contributed by atoms with E-state index in [9.17, 15) is 4.79 Å². The number of nitrogens with one attached hydrogen (secondary N) is 3. The molecule has 3 N–H and O–H groups in total. The van der Waals surface area contributed by atoms with Crippen molar-refractivity contribution in [1.29, 1.82) is 0 Å². The summed E-state index contributed by atoms with van der Waals surface area (Å²) < 4.78 is 0. The molecule has 0 bridgehead atoms. The molecule has 0 fully saturated rings. The normalized spacial score (nSPS) is 10.3. The van der Waals surface area contributed by atoms with Crippen molar-refractivity contribution in [3.63, 3.8) is 0 Å². The molecule has 3 aromatic rings. The molecule has 0 radical (unpaired) electrons. The fourth-order valence-electron chi connectivity index (χ4n) is 1.68.